The van der Waals surface area contributed by atoms with Crippen molar-refractivity contribution >= 4 is 0 Å². The maximum atomic E-state index is 6.30. The number of ether oxygens (including phenoxy) is 5. The van der Waals surface area contributed by atoms with Gasteiger partial charge in [0.1, 0.15) is 5.72 Å². The van der Waals surface area contributed by atoms with Gasteiger partial charge in [0.25, 0.3) is 0 Å². The molecule has 0 amide bonds. The van der Waals surface area contributed by atoms with Gasteiger partial charge in [-0.25, -0.2) is 0 Å². The fourth-order valence-corrected chi connectivity index (χ4v) is 3.15. The molecule has 0 spiro atoms. The van der Waals surface area contributed by atoms with Gasteiger partial charge < -0.3 is 34.7 Å². The minimum Gasteiger partial charge on any atom is -0.381 e. The lowest BCUT2D eigenvalue weighted by atomic mass is 9.82. The predicted octanol–water partition coefficient (Wildman–Crippen LogP) is 3.74. The molecule has 0 rings (SSSR count). The van der Waals surface area contributed by atoms with E-state index in [1.807, 2.05) is 14.0 Å². The highest BCUT2D eigenvalue weighted by Crippen LogP contribution is 2.32. The van der Waals surface area contributed by atoms with E-state index in [4.69, 9.17) is 29.4 Å². The van der Waals surface area contributed by atoms with E-state index in [0.717, 1.165) is 32.4 Å². The fourth-order valence-electron chi connectivity index (χ4n) is 3.15. The van der Waals surface area contributed by atoms with Crippen LogP contribution in [0.15, 0.2) is 0 Å². The van der Waals surface area contributed by atoms with Gasteiger partial charge in [0.05, 0.1) is 36.6 Å². The summed E-state index contributed by atoms with van der Waals surface area (Å²) in [5, 5.41) is 3.15. The van der Waals surface area contributed by atoms with Crippen LogP contribution in [0.3, 0.4) is 0 Å². The number of nitrogens with two attached hydrogens (primary N) is 1. The van der Waals surface area contributed by atoms with Crippen molar-refractivity contribution in [1.82, 2.24) is 5.32 Å². The Balaban J connectivity index is 4.99. The van der Waals surface area contributed by atoms with Gasteiger partial charge in [0, 0.05) is 33.2 Å². The molecule has 0 aromatic rings. The Bertz CT molecular complexity index is 467. The van der Waals surface area contributed by atoms with Crippen LogP contribution in [0.25, 0.3) is 0 Å². The van der Waals surface area contributed by atoms with Crippen LogP contribution in [0.4, 0.5) is 0 Å². The third-order valence-corrected chi connectivity index (χ3v) is 6.04. The first-order chi connectivity index (χ1) is 14.2. The molecule has 0 heterocycles. The molecule has 0 saturated heterocycles. The zero-order valence-corrected chi connectivity index (χ0v) is 22.1. The molecule has 7 nitrogen and oxygen atoms in total. The van der Waals surface area contributed by atoms with E-state index in [-0.39, 0.29) is 22.7 Å². The van der Waals surface area contributed by atoms with Gasteiger partial charge in [-0.15, -0.1) is 0 Å². The van der Waals surface area contributed by atoms with Crippen molar-refractivity contribution in [3.63, 3.8) is 0 Å². The quantitative estimate of drug-likeness (QED) is 0.230. The first-order valence-corrected chi connectivity index (χ1v) is 11.6. The van der Waals surface area contributed by atoms with Crippen LogP contribution < -0.4 is 11.1 Å². The summed E-state index contributed by atoms with van der Waals surface area (Å²) in [4.78, 5) is 0. The molecule has 0 fully saturated rings. The SMILES string of the molecule is CNCCCOCC(CC(C)(C)OCCC(C)(C)OC)C(C)(C)OCCC(C)(N)OC. The predicted molar refractivity (Wildman–Crippen MR) is 127 cm³/mol. The van der Waals surface area contributed by atoms with Gasteiger partial charge in [-0.2, -0.15) is 0 Å². The Morgan fingerprint density at radius 1 is 0.806 bits per heavy atom. The van der Waals surface area contributed by atoms with Crippen LogP contribution in [0.1, 0.15) is 74.1 Å². The van der Waals surface area contributed by atoms with E-state index in [0.29, 0.717) is 26.2 Å². The molecule has 0 aromatic heterocycles. The molecule has 0 radical (unpaired) electrons. The molecule has 31 heavy (non-hydrogen) atoms. The standard InChI is InChI=1S/C24H52N2O5/c1-21(2,27-9)12-16-30-22(3,4)18-20(19-29-15-11-14-26-8)23(5,6)31-17-13-24(7,25)28-10/h20,26H,11-19,25H2,1-10H3. The number of hydrogen-bond acceptors (Lipinski definition) is 7. The minimum absolute atomic E-state index is 0.166. The third kappa shape index (κ3) is 14.5. The monoisotopic (exact) mass is 448 g/mol. The van der Waals surface area contributed by atoms with Crippen molar-refractivity contribution in [2.75, 3.05) is 54.2 Å². The summed E-state index contributed by atoms with van der Waals surface area (Å²) in [5.41, 5.74) is 4.51. The smallest absolute Gasteiger partial charge is 0.115 e. The zero-order chi connectivity index (χ0) is 24.2. The molecular weight excluding hydrogens is 396 g/mol. The van der Waals surface area contributed by atoms with Crippen molar-refractivity contribution in [2.24, 2.45) is 11.7 Å². The average Bonchev–Trinajstić information content (AvgIpc) is 2.66. The van der Waals surface area contributed by atoms with Gasteiger partial charge in [0.2, 0.25) is 0 Å². The summed E-state index contributed by atoms with van der Waals surface area (Å²) in [7, 11) is 5.32. The highest BCUT2D eigenvalue weighted by molar-refractivity contribution is 4.86. The van der Waals surface area contributed by atoms with E-state index in [1.54, 1.807) is 14.2 Å². The Hall–Kier alpha value is -0.280. The van der Waals surface area contributed by atoms with Gasteiger partial charge >= 0.3 is 0 Å². The Morgan fingerprint density at radius 3 is 1.97 bits per heavy atom. The summed E-state index contributed by atoms with van der Waals surface area (Å²) < 4.78 is 29.4. The van der Waals surface area contributed by atoms with Crippen molar-refractivity contribution < 1.29 is 23.7 Å². The average molecular weight is 449 g/mol. The lowest BCUT2D eigenvalue weighted by Gasteiger charge is -2.40. The molecule has 2 unspecified atom stereocenters. The van der Waals surface area contributed by atoms with Crippen LogP contribution in [0, 0.1) is 5.92 Å². The molecule has 0 aliphatic rings. The highest BCUT2D eigenvalue weighted by Gasteiger charge is 2.36. The number of methoxy groups -OCH3 is 2. The van der Waals surface area contributed by atoms with E-state index >= 15 is 0 Å². The normalized spacial score (nSPS) is 16.4. The van der Waals surface area contributed by atoms with Crippen LogP contribution in [-0.2, 0) is 23.7 Å². The second kappa shape index (κ2) is 14.1. The molecule has 7 heteroatoms. The lowest BCUT2D eigenvalue weighted by molar-refractivity contribution is -0.131. The van der Waals surface area contributed by atoms with Gasteiger partial charge in [0.15, 0.2) is 0 Å². The first-order valence-electron chi connectivity index (χ1n) is 11.6. The van der Waals surface area contributed by atoms with E-state index in [2.05, 4.69) is 46.9 Å². The zero-order valence-electron chi connectivity index (χ0n) is 22.1. The summed E-state index contributed by atoms with van der Waals surface area (Å²) in [5.74, 6) is 0.166. The van der Waals surface area contributed by atoms with Crippen molar-refractivity contribution in [1.29, 1.82) is 0 Å². The Kier molecular flexibility index (Phi) is 14.0. The Labute approximate surface area is 192 Å². The molecule has 0 saturated carbocycles. The Morgan fingerprint density at radius 2 is 1.42 bits per heavy atom. The number of hydrogen-bond donors (Lipinski definition) is 2. The molecule has 2 atom stereocenters. The summed E-state index contributed by atoms with van der Waals surface area (Å²) in [6.07, 6.45) is 3.26. The van der Waals surface area contributed by atoms with Gasteiger partial charge in [-0.05, 0) is 81.3 Å². The van der Waals surface area contributed by atoms with Crippen LogP contribution >= 0.6 is 0 Å². The van der Waals surface area contributed by atoms with Gasteiger partial charge in [-0.3, -0.25) is 0 Å². The van der Waals surface area contributed by atoms with Crippen LogP contribution in [0.5, 0.6) is 0 Å². The second-order valence-electron chi connectivity index (χ2n) is 10.5. The van der Waals surface area contributed by atoms with Crippen molar-refractivity contribution in [2.45, 2.75) is 96.7 Å². The van der Waals surface area contributed by atoms with Crippen LogP contribution in [-0.4, -0.2) is 76.8 Å². The largest absolute Gasteiger partial charge is 0.381 e. The first kappa shape index (κ1) is 30.7. The highest BCUT2D eigenvalue weighted by atomic mass is 16.5. The topological polar surface area (TPSA) is 84.2 Å². The molecule has 0 aromatic carbocycles. The summed E-state index contributed by atoms with van der Waals surface area (Å²) in [6.45, 7) is 18.0. The van der Waals surface area contributed by atoms with E-state index in [1.165, 1.54) is 0 Å². The lowest BCUT2D eigenvalue weighted by Crippen LogP contribution is -2.45. The maximum Gasteiger partial charge on any atom is 0.115 e. The summed E-state index contributed by atoms with van der Waals surface area (Å²) >= 11 is 0. The van der Waals surface area contributed by atoms with E-state index in [9.17, 15) is 0 Å². The fraction of sp³-hybridized carbons (Fsp3) is 1.00. The molecule has 0 bridgehead atoms. The number of rotatable bonds is 19. The minimum atomic E-state index is -0.689. The second-order valence-corrected chi connectivity index (χ2v) is 10.5. The molecule has 0 aliphatic carbocycles. The van der Waals surface area contributed by atoms with E-state index < -0.39 is 5.72 Å². The molecule has 0 aliphatic heterocycles. The third-order valence-electron chi connectivity index (χ3n) is 6.04. The van der Waals surface area contributed by atoms with Crippen molar-refractivity contribution in [3.05, 3.63) is 0 Å². The van der Waals surface area contributed by atoms with Gasteiger partial charge in [-0.1, -0.05) is 0 Å². The van der Waals surface area contributed by atoms with Crippen LogP contribution in [0.2, 0.25) is 0 Å². The summed E-state index contributed by atoms with van der Waals surface area (Å²) in [6, 6.07) is 0. The molecule has 188 valence electrons. The van der Waals surface area contributed by atoms with Crippen molar-refractivity contribution in [3.8, 4) is 0 Å². The number of nitrogens with one attached hydrogen (secondary N) is 1. The maximum absolute atomic E-state index is 6.30. The molecule has 3 N–H and O–H groups in total. The molecular formula is C24H52N2O5.